The molecule has 0 saturated heterocycles. The van der Waals surface area contributed by atoms with Crippen LogP contribution in [0.1, 0.15) is 0 Å². The van der Waals surface area contributed by atoms with E-state index in [-0.39, 0.29) is 5.82 Å². The summed E-state index contributed by atoms with van der Waals surface area (Å²) in [5.41, 5.74) is 9.48. The number of para-hydroxylation sites is 2. The summed E-state index contributed by atoms with van der Waals surface area (Å²) in [5.74, 6) is -0.263. The molecule has 9 aromatic carbocycles. The highest BCUT2D eigenvalue weighted by Crippen LogP contribution is 2.45. The molecule has 0 aromatic heterocycles. The van der Waals surface area contributed by atoms with Gasteiger partial charge >= 0.3 is 0 Å². The smallest absolute Gasteiger partial charge is 0.147 e. The zero-order chi connectivity index (χ0) is 33.4. The third-order valence-electron chi connectivity index (χ3n) is 9.73. The molecule has 0 aliphatic carbocycles. The van der Waals surface area contributed by atoms with Crippen LogP contribution in [-0.4, -0.2) is 0 Å². The molecule has 0 heterocycles. The highest BCUT2D eigenvalue weighted by molar-refractivity contribution is 6.23. The lowest BCUT2D eigenvalue weighted by atomic mass is 9.84. The fraction of sp³-hybridized carbons (Fsp3) is 0. The predicted molar refractivity (Wildman–Crippen MR) is 210 cm³/mol. The van der Waals surface area contributed by atoms with Crippen LogP contribution in [0.2, 0.25) is 0 Å². The standard InChI is InChI=1S/C48H32FN/c49-45-23-10-11-24-46(45)50(37-15-2-1-3-16-37)38-31-29-34(30-32-38)33-25-27-36(28-26-33)47-41-18-6-8-20-43(41)48(44-21-9-7-19-42(44)47)40-22-12-14-35-13-4-5-17-39(35)40/h1-32H. The third kappa shape index (κ3) is 5.10. The van der Waals surface area contributed by atoms with Crippen LogP contribution in [-0.2, 0) is 0 Å². The van der Waals surface area contributed by atoms with Gasteiger partial charge in [0.1, 0.15) is 5.82 Å². The maximum atomic E-state index is 15.1. The summed E-state index contributed by atoms with van der Waals surface area (Å²) in [6.07, 6.45) is 0. The molecule has 50 heavy (non-hydrogen) atoms. The molecule has 1 nitrogen and oxygen atoms in total. The van der Waals surface area contributed by atoms with Crippen molar-refractivity contribution in [2.24, 2.45) is 0 Å². The summed E-state index contributed by atoms with van der Waals surface area (Å²) in [4.78, 5) is 1.96. The Morgan fingerprint density at radius 1 is 0.320 bits per heavy atom. The first kappa shape index (κ1) is 29.6. The molecule has 0 radical (unpaired) electrons. The highest BCUT2D eigenvalue weighted by atomic mass is 19.1. The van der Waals surface area contributed by atoms with E-state index in [4.69, 9.17) is 0 Å². The second kappa shape index (κ2) is 12.5. The Hall–Kier alpha value is -6.51. The van der Waals surface area contributed by atoms with Gasteiger partial charge in [0.15, 0.2) is 0 Å². The van der Waals surface area contributed by atoms with E-state index in [1.54, 1.807) is 6.07 Å². The molecule has 0 N–H and O–H groups in total. The SMILES string of the molecule is Fc1ccccc1N(c1ccccc1)c1ccc(-c2ccc(-c3c4ccccc4c(-c4cccc5ccccc45)c4ccccc34)cc2)cc1. The van der Waals surface area contributed by atoms with Crippen molar-refractivity contribution < 1.29 is 4.39 Å². The summed E-state index contributed by atoms with van der Waals surface area (Å²) in [7, 11) is 0. The monoisotopic (exact) mass is 641 g/mol. The fourth-order valence-corrected chi connectivity index (χ4v) is 7.44. The summed E-state index contributed by atoms with van der Waals surface area (Å²) in [5, 5.41) is 7.46. The average molecular weight is 642 g/mol. The van der Waals surface area contributed by atoms with Crippen LogP contribution in [0.25, 0.3) is 65.7 Å². The minimum Gasteiger partial charge on any atom is -0.308 e. The minimum absolute atomic E-state index is 0.263. The Labute approximate surface area is 291 Å². The number of hydrogen-bond donors (Lipinski definition) is 0. The van der Waals surface area contributed by atoms with E-state index in [2.05, 4.69) is 140 Å². The van der Waals surface area contributed by atoms with Gasteiger partial charge in [-0.15, -0.1) is 0 Å². The molecule has 236 valence electrons. The van der Waals surface area contributed by atoms with E-state index in [1.807, 2.05) is 47.4 Å². The van der Waals surface area contributed by atoms with Crippen molar-refractivity contribution >= 4 is 49.4 Å². The van der Waals surface area contributed by atoms with Gasteiger partial charge in [0, 0.05) is 11.4 Å². The molecule has 9 aromatic rings. The number of rotatable bonds is 6. The molecular weight excluding hydrogens is 610 g/mol. The molecule has 0 bridgehead atoms. The van der Waals surface area contributed by atoms with Gasteiger partial charge in [-0.25, -0.2) is 4.39 Å². The predicted octanol–water partition coefficient (Wildman–Crippen LogP) is 13.8. The van der Waals surface area contributed by atoms with Crippen LogP contribution in [0, 0.1) is 5.82 Å². The van der Waals surface area contributed by atoms with Crippen LogP contribution < -0.4 is 4.90 Å². The molecule has 0 aliphatic rings. The van der Waals surface area contributed by atoms with E-state index in [0.29, 0.717) is 5.69 Å². The van der Waals surface area contributed by atoms with Gasteiger partial charge in [0.2, 0.25) is 0 Å². The van der Waals surface area contributed by atoms with Gasteiger partial charge in [-0.1, -0.05) is 158 Å². The molecule has 0 saturated carbocycles. The molecule has 0 unspecified atom stereocenters. The van der Waals surface area contributed by atoms with Gasteiger partial charge in [-0.05, 0) is 102 Å². The Morgan fingerprint density at radius 3 is 1.42 bits per heavy atom. The Morgan fingerprint density at radius 2 is 0.780 bits per heavy atom. The van der Waals surface area contributed by atoms with Crippen molar-refractivity contribution in [3.63, 3.8) is 0 Å². The zero-order valence-corrected chi connectivity index (χ0v) is 27.3. The fourth-order valence-electron chi connectivity index (χ4n) is 7.44. The van der Waals surface area contributed by atoms with Gasteiger partial charge < -0.3 is 4.90 Å². The number of benzene rings is 9. The third-order valence-corrected chi connectivity index (χ3v) is 9.73. The molecule has 0 aliphatic heterocycles. The first-order valence-corrected chi connectivity index (χ1v) is 17.0. The first-order valence-electron chi connectivity index (χ1n) is 17.0. The lowest BCUT2D eigenvalue weighted by Crippen LogP contribution is -2.11. The van der Waals surface area contributed by atoms with E-state index in [9.17, 15) is 0 Å². The van der Waals surface area contributed by atoms with Crippen LogP contribution in [0.15, 0.2) is 194 Å². The maximum Gasteiger partial charge on any atom is 0.147 e. The molecule has 9 rings (SSSR count). The maximum absolute atomic E-state index is 15.1. The molecular formula is C48H32FN. The topological polar surface area (TPSA) is 3.24 Å². The molecule has 0 amide bonds. The van der Waals surface area contributed by atoms with Gasteiger partial charge in [-0.3, -0.25) is 0 Å². The van der Waals surface area contributed by atoms with Crippen molar-refractivity contribution in [2.75, 3.05) is 4.90 Å². The number of fused-ring (bicyclic) bond motifs is 3. The Bertz CT molecular complexity index is 2580. The molecule has 0 fully saturated rings. The van der Waals surface area contributed by atoms with E-state index in [0.717, 1.165) is 22.5 Å². The molecule has 0 atom stereocenters. The van der Waals surface area contributed by atoms with Crippen LogP contribution in [0.4, 0.5) is 21.5 Å². The summed E-state index contributed by atoms with van der Waals surface area (Å²) in [6.45, 7) is 0. The van der Waals surface area contributed by atoms with E-state index in [1.165, 1.54) is 60.6 Å². The van der Waals surface area contributed by atoms with Gasteiger partial charge in [0.25, 0.3) is 0 Å². The lowest BCUT2D eigenvalue weighted by Gasteiger charge is -2.26. The van der Waals surface area contributed by atoms with Crippen molar-refractivity contribution in [3.8, 4) is 33.4 Å². The quantitative estimate of drug-likeness (QED) is 0.163. The lowest BCUT2D eigenvalue weighted by molar-refractivity contribution is 0.629. The van der Waals surface area contributed by atoms with Gasteiger partial charge in [-0.2, -0.15) is 0 Å². The highest BCUT2D eigenvalue weighted by Gasteiger charge is 2.19. The van der Waals surface area contributed by atoms with Crippen molar-refractivity contribution in [1.29, 1.82) is 0 Å². The van der Waals surface area contributed by atoms with E-state index >= 15 is 4.39 Å². The molecule has 0 spiro atoms. The van der Waals surface area contributed by atoms with Crippen LogP contribution in [0.3, 0.4) is 0 Å². The van der Waals surface area contributed by atoms with Crippen molar-refractivity contribution in [2.45, 2.75) is 0 Å². The second-order valence-electron chi connectivity index (χ2n) is 12.6. The summed E-state index contributed by atoms with van der Waals surface area (Å²) >= 11 is 0. The number of halogens is 1. The number of anilines is 3. The largest absolute Gasteiger partial charge is 0.308 e. The zero-order valence-electron chi connectivity index (χ0n) is 27.3. The first-order chi connectivity index (χ1) is 24.7. The van der Waals surface area contributed by atoms with Crippen molar-refractivity contribution in [3.05, 3.63) is 200 Å². The number of nitrogens with zero attached hydrogens (tertiary/aromatic N) is 1. The second-order valence-corrected chi connectivity index (χ2v) is 12.6. The molecule has 2 heteroatoms. The van der Waals surface area contributed by atoms with Gasteiger partial charge in [0.05, 0.1) is 5.69 Å². The summed E-state index contributed by atoms with van der Waals surface area (Å²) < 4.78 is 15.1. The Kier molecular flexibility index (Phi) is 7.40. The van der Waals surface area contributed by atoms with Crippen LogP contribution >= 0.6 is 0 Å². The van der Waals surface area contributed by atoms with E-state index < -0.39 is 0 Å². The summed E-state index contributed by atoms with van der Waals surface area (Å²) in [6, 6.07) is 67.0. The average Bonchev–Trinajstić information content (AvgIpc) is 3.18. The van der Waals surface area contributed by atoms with Crippen molar-refractivity contribution in [1.82, 2.24) is 0 Å². The van der Waals surface area contributed by atoms with Crippen LogP contribution in [0.5, 0.6) is 0 Å². The number of hydrogen-bond acceptors (Lipinski definition) is 1. The normalized spacial score (nSPS) is 11.3. The minimum atomic E-state index is -0.263. The Balaban J connectivity index is 1.13.